The lowest BCUT2D eigenvalue weighted by Crippen LogP contribution is -2.74. The number of fused-ring (bicyclic) bond motifs is 2. The molecule has 31 heavy (non-hydrogen) atoms. The molecule has 2 bridgehead atoms. The Kier molecular flexibility index (Phi) is 5.49. The Balaban J connectivity index is 1.26. The van der Waals surface area contributed by atoms with Crippen LogP contribution >= 0.6 is 11.6 Å². The second kappa shape index (κ2) is 8.58. The van der Waals surface area contributed by atoms with Gasteiger partial charge in [-0.1, -0.05) is 78.4 Å². The first-order valence-electron chi connectivity index (χ1n) is 10.6. The molecule has 0 spiro atoms. The largest absolute Gasteiger partial charge is 0.322 e. The van der Waals surface area contributed by atoms with E-state index in [0.717, 1.165) is 18.8 Å². The molecule has 2 fully saturated rings. The molecule has 2 amide bonds. The van der Waals surface area contributed by atoms with E-state index >= 15 is 0 Å². The Bertz CT molecular complexity index is 1070. The Morgan fingerprint density at radius 3 is 2.13 bits per heavy atom. The monoisotopic (exact) mass is 429 g/mol. The molecule has 2 aliphatic heterocycles. The summed E-state index contributed by atoms with van der Waals surface area (Å²) in [6.07, 6.45) is 4.26. The van der Waals surface area contributed by atoms with Crippen LogP contribution in [0.25, 0.3) is 12.2 Å². The van der Waals surface area contributed by atoms with Crippen molar-refractivity contribution in [1.82, 2.24) is 10.2 Å². The number of piperazine rings is 1. The average Bonchev–Trinajstić information content (AvgIpc) is 2.81. The molecule has 3 aromatic rings. The predicted molar refractivity (Wildman–Crippen MR) is 127 cm³/mol. The van der Waals surface area contributed by atoms with E-state index in [0.29, 0.717) is 10.9 Å². The van der Waals surface area contributed by atoms with Crippen molar-refractivity contribution < 1.29 is 4.79 Å². The van der Waals surface area contributed by atoms with Crippen LogP contribution in [0, 0.1) is 0 Å². The maximum Gasteiger partial charge on any atom is 0.322 e. The molecule has 0 saturated carbocycles. The molecule has 3 atom stereocenters. The van der Waals surface area contributed by atoms with Crippen LogP contribution in [-0.4, -0.2) is 36.1 Å². The molecular weight excluding hydrogens is 406 g/mol. The Hall–Kier alpha value is -3.08. The van der Waals surface area contributed by atoms with Gasteiger partial charge in [0.2, 0.25) is 0 Å². The fourth-order valence-corrected chi connectivity index (χ4v) is 4.76. The molecule has 3 aromatic carbocycles. The number of nitrogens with zero attached hydrogens (tertiary/aromatic N) is 1. The minimum atomic E-state index is -0.0440. The minimum absolute atomic E-state index is 0.0440. The number of halogens is 1. The summed E-state index contributed by atoms with van der Waals surface area (Å²) < 4.78 is 0. The first-order valence-corrected chi connectivity index (χ1v) is 11.0. The van der Waals surface area contributed by atoms with Gasteiger partial charge < -0.3 is 15.5 Å². The lowest BCUT2D eigenvalue weighted by Gasteiger charge is -2.59. The quantitative estimate of drug-likeness (QED) is 0.539. The second-order valence-electron chi connectivity index (χ2n) is 8.07. The Morgan fingerprint density at radius 2 is 1.48 bits per heavy atom. The standard InChI is InChI=1S/C26H24ClN3O/c27-21-12-14-22(15-13-21)29-26(31)30-23-16-28-17-24(30)25(23)20-10-8-19(9-11-20)7-6-18-4-2-1-3-5-18/h1-15,23-25,28H,16-17H2,(H,29,31)/b7-6+/t23-,24+,25?. The van der Waals surface area contributed by atoms with E-state index in [1.807, 2.05) is 35.2 Å². The third-order valence-corrected chi connectivity index (χ3v) is 6.42. The summed E-state index contributed by atoms with van der Waals surface area (Å²) in [7, 11) is 0. The van der Waals surface area contributed by atoms with E-state index in [9.17, 15) is 4.79 Å². The van der Waals surface area contributed by atoms with Gasteiger partial charge in [0.05, 0.1) is 12.1 Å². The topological polar surface area (TPSA) is 44.4 Å². The van der Waals surface area contributed by atoms with Gasteiger partial charge in [-0.2, -0.15) is 0 Å². The highest BCUT2D eigenvalue weighted by atomic mass is 35.5. The van der Waals surface area contributed by atoms with Gasteiger partial charge in [0.1, 0.15) is 0 Å². The zero-order chi connectivity index (χ0) is 21.2. The molecule has 2 aliphatic rings. The van der Waals surface area contributed by atoms with Crippen molar-refractivity contribution in [2.75, 3.05) is 18.4 Å². The van der Waals surface area contributed by atoms with Gasteiger partial charge in [0, 0.05) is 29.7 Å². The molecule has 2 heterocycles. The molecule has 0 aromatic heterocycles. The fourth-order valence-electron chi connectivity index (χ4n) is 4.63. The van der Waals surface area contributed by atoms with Gasteiger partial charge in [0.15, 0.2) is 0 Å². The second-order valence-corrected chi connectivity index (χ2v) is 8.51. The number of benzene rings is 3. The molecule has 2 saturated heterocycles. The summed E-state index contributed by atoms with van der Waals surface area (Å²) in [6, 6.07) is 26.5. The molecule has 0 radical (unpaired) electrons. The molecule has 0 aliphatic carbocycles. The lowest BCUT2D eigenvalue weighted by molar-refractivity contribution is 0.00201. The number of carbonyl (C=O) groups is 1. The third kappa shape index (κ3) is 4.09. The van der Waals surface area contributed by atoms with Gasteiger partial charge in [-0.25, -0.2) is 4.79 Å². The smallest absolute Gasteiger partial charge is 0.315 e. The summed E-state index contributed by atoms with van der Waals surface area (Å²) >= 11 is 5.94. The first-order chi connectivity index (χ1) is 15.2. The molecule has 2 N–H and O–H groups in total. The van der Waals surface area contributed by atoms with Crippen LogP contribution in [-0.2, 0) is 0 Å². The van der Waals surface area contributed by atoms with Crippen LogP contribution in [0.15, 0.2) is 78.9 Å². The van der Waals surface area contributed by atoms with Gasteiger partial charge in [-0.15, -0.1) is 0 Å². The molecule has 4 nitrogen and oxygen atoms in total. The predicted octanol–water partition coefficient (Wildman–Crippen LogP) is 5.48. The van der Waals surface area contributed by atoms with Crippen molar-refractivity contribution in [2.45, 2.75) is 18.0 Å². The van der Waals surface area contributed by atoms with Crippen LogP contribution in [0.1, 0.15) is 22.6 Å². The van der Waals surface area contributed by atoms with Gasteiger partial charge in [-0.05, 0) is 41.0 Å². The third-order valence-electron chi connectivity index (χ3n) is 6.17. The summed E-state index contributed by atoms with van der Waals surface area (Å²) in [5, 5.41) is 7.10. The first kappa shape index (κ1) is 19.9. The van der Waals surface area contributed by atoms with E-state index in [2.05, 4.69) is 59.2 Å². The Morgan fingerprint density at radius 1 is 0.871 bits per heavy atom. The van der Waals surface area contributed by atoms with Crippen LogP contribution in [0.2, 0.25) is 5.02 Å². The van der Waals surface area contributed by atoms with Crippen molar-refractivity contribution in [3.05, 3.63) is 101 Å². The number of piperidine rings is 1. The van der Waals surface area contributed by atoms with Crippen LogP contribution in [0.3, 0.4) is 0 Å². The van der Waals surface area contributed by atoms with Gasteiger partial charge in [0.25, 0.3) is 0 Å². The number of rotatable bonds is 4. The van der Waals surface area contributed by atoms with Crippen LogP contribution in [0.5, 0.6) is 0 Å². The summed E-state index contributed by atoms with van der Waals surface area (Å²) in [4.78, 5) is 14.9. The maximum atomic E-state index is 12.9. The highest BCUT2D eigenvalue weighted by molar-refractivity contribution is 6.30. The number of nitrogens with one attached hydrogen (secondary N) is 2. The molecule has 5 heteroatoms. The summed E-state index contributed by atoms with van der Waals surface area (Å²) in [5.74, 6) is 0.365. The van der Waals surface area contributed by atoms with Crippen molar-refractivity contribution in [3.63, 3.8) is 0 Å². The average molecular weight is 430 g/mol. The highest BCUT2D eigenvalue weighted by Crippen LogP contribution is 2.43. The number of anilines is 1. The number of urea groups is 1. The van der Waals surface area contributed by atoms with Crippen molar-refractivity contribution in [2.24, 2.45) is 0 Å². The van der Waals surface area contributed by atoms with E-state index in [-0.39, 0.29) is 18.1 Å². The van der Waals surface area contributed by atoms with Crippen molar-refractivity contribution >= 4 is 35.5 Å². The van der Waals surface area contributed by atoms with Crippen molar-refractivity contribution in [3.8, 4) is 0 Å². The van der Waals surface area contributed by atoms with E-state index in [4.69, 9.17) is 11.6 Å². The van der Waals surface area contributed by atoms with Crippen LogP contribution < -0.4 is 10.6 Å². The minimum Gasteiger partial charge on any atom is -0.315 e. The number of amides is 2. The molecular formula is C26H24ClN3O. The van der Waals surface area contributed by atoms with Crippen molar-refractivity contribution in [1.29, 1.82) is 0 Å². The summed E-state index contributed by atoms with van der Waals surface area (Å²) in [6.45, 7) is 1.62. The summed E-state index contributed by atoms with van der Waals surface area (Å²) in [5.41, 5.74) is 4.42. The normalized spacial score (nSPS) is 22.2. The molecule has 5 rings (SSSR count). The number of carbonyl (C=O) groups excluding carboxylic acids is 1. The van der Waals surface area contributed by atoms with E-state index < -0.39 is 0 Å². The highest BCUT2D eigenvalue weighted by Gasteiger charge is 2.53. The maximum absolute atomic E-state index is 12.9. The van der Waals surface area contributed by atoms with Gasteiger partial charge in [-0.3, -0.25) is 0 Å². The fraction of sp³-hybridized carbons (Fsp3) is 0.192. The zero-order valence-corrected chi connectivity index (χ0v) is 17.8. The SMILES string of the molecule is O=C(Nc1ccc(Cl)cc1)N1[C@@H]2CNC[C@H]1C2c1ccc(/C=C/c2ccccc2)cc1. The molecule has 1 unspecified atom stereocenters. The van der Waals surface area contributed by atoms with E-state index in [1.165, 1.54) is 16.7 Å². The number of hydrogen-bond acceptors (Lipinski definition) is 2. The van der Waals surface area contributed by atoms with Crippen LogP contribution in [0.4, 0.5) is 10.5 Å². The number of hydrogen-bond donors (Lipinski definition) is 2. The lowest BCUT2D eigenvalue weighted by atomic mass is 9.72. The Labute approximate surface area is 187 Å². The molecule has 156 valence electrons. The van der Waals surface area contributed by atoms with E-state index in [1.54, 1.807) is 12.1 Å². The van der Waals surface area contributed by atoms with Gasteiger partial charge >= 0.3 is 6.03 Å². The zero-order valence-electron chi connectivity index (χ0n) is 17.0.